The topological polar surface area (TPSA) is 12.0 Å². The van der Waals surface area contributed by atoms with E-state index in [4.69, 9.17) is 0 Å². The molecule has 1 unspecified atom stereocenters. The van der Waals surface area contributed by atoms with Crippen molar-refractivity contribution in [2.75, 3.05) is 7.05 Å². The lowest BCUT2D eigenvalue weighted by Crippen LogP contribution is -2.51. The van der Waals surface area contributed by atoms with Gasteiger partial charge in [-0.15, -0.1) is 0 Å². The Labute approximate surface area is 113 Å². The first-order valence-electron chi connectivity index (χ1n) is 5.92. The van der Waals surface area contributed by atoms with Crippen molar-refractivity contribution in [1.82, 2.24) is 5.32 Å². The van der Waals surface area contributed by atoms with E-state index in [1.165, 1.54) is 6.07 Å². The van der Waals surface area contributed by atoms with E-state index in [9.17, 15) is 26.3 Å². The van der Waals surface area contributed by atoms with Crippen LogP contribution in [0.5, 0.6) is 0 Å². The maximum absolute atomic E-state index is 12.7. The summed E-state index contributed by atoms with van der Waals surface area (Å²) in [4.78, 5) is 0. The zero-order chi connectivity index (χ0) is 15.6. The Bertz CT molecular complexity index is 423. The summed E-state index contributed by atoms with van der Waals surface area (Å²) in [6, 6.07) is 4.67. The van der Waals surface area contributed by atoms with E-state index in [0.29, 0.717) is 5.56 Å². The largest absolute Gasteiger partial charge is 0.402 e. The number of likely N-dealkylation sites (N-methyl/N-ethyl adjacent to an activating group) is 1. The average Bonchev–Trinajstić information content (AvgIpc) is 2.24. The molecule has 7 heteroatoms. The van der Waals surface area contributed by atoms with Gasteiger partial charge in [-0.2, -0.15) is 26.3 Å². The summed E-state index contributed by atoms with van der Waals surface area (Å²) in [7, 11) is 1.10. The molecule has 0 fully saturated rings. The van der Waals surface area contributed by atoms with Gasteiger partial charge in [-0.25, -0.2) is 0 Å². The van der Waals surface area contributed by atoms with Gasteiger partial charge in [0.1, 0.15) is 0 Å². The molecule has 1 nitrogen and oxygen atoms in total. The molecule has 0 amide bonds. The van der Waals surface area contributed by atoms with E-state index in [0.717, 1.165) is 12.6 Å². The number of hydrogen-bond donors (Lipinski definition) is 1. The molecule has 114 valence electrons. The highest BCUT2D eigenvalue weighted by Gasteiger charge is 2.59. The van der Waals surface area contributed by atoms with Crippen LogP contribution in [0.3, 0.4) is 0 Å². The second kappa shape index (κ2) is 6.03. The molecule has 0 aliphatic heterocycles. The summed E-state index contributed by atoms with van der Waals surface area (Å²) in [5, 5.41) is 2.14. The summed E-state index contributed by atoms with van der Waals surface area (Å²) < 4.78 is 76.1. The van der Waals surface area contributed by atoms with Crippen LogP contribution in [-0.2, 0) is 6.42 Å². The van der Waals surface area contributed by atoms with Crippen LogP contribution in [0, 0.1) is 12.8 Å². The van der Waals surface area contributed by atoms with Crippen molar-refractivity contribution >= 4 is 0 Å². The molecule has 1 rings (SSSR count). The van der Waals surface area contributed by atoms with E-state index < -0.39 is 24.3 Å². The summed E-state index contributed by atoms with van der Waals surface area (Å²) in [6.45, 7) is 1.73. The molecule has 20 heavy (non-hydrogen) atoms. The molecule has 1 N–H and O–H groups in total. The van der Waals surface area contributed by atoms with Gasteiger partial charge in [-0.1, -0.05) is 29.8 Å². The number of nitrogens with one attached hydrogen (secondary N) is 1. The van der Waals surface area contributed by atoms with E-state index >= 15 is 0 Å². The zero-order valence-corrected chi connectivity index (χ0v) is 10.9. The number of benzene rings is 1. The maximum atomic E-state index is 12.7. The van der Waals surface area contributed by atoms with Crippen LogP contribution >= 0.6 is 0 Å². The summed E-state index contributed by atoms with van der Waals surface area (Å²) >= 11 is 0. The Hall–Kier alpha value is -1.24. The summed E-state index contributed by atoms with van der Waals surface area (Å²) in [5.41, 5.74) is 1.22. The van der Waals surface area contributed by atoms with Gasteiger partial charge >= 0.3 is 12.4 Å². The molecule has 0 aromatic heterocycles. The zero-order valence-electron chi connectivity index (χ0n) is 10.9. The third-order valence-electron chi connectivity index (χ3n) is 3.02. The SMILES string of the molecule is CNC(Cc1cccc(C)c1)C(C(F)(F)F)C(F)(F)F. The molecule has 1 atom stereocenters. The van der Waals surface area contributed by atoms with Gasteiger partial charge in [-0.3, -0.25) is 0 Å². The lowest BCUT2D eigenvalue weighted by molar-refractivity contribution is -0.291. The molecule has 1 aromatic rings. The minimum atomic E-state index is -5.34. The van der Waals surface area contributed by atoms with Crippen molar-refractivity contribution in [3.8, 4) is 0 Å². The van der Waals surface area contributed by atoms with E-state index in [1.54, 1.807) is 25.1 Å². The highest BCUT2D eigenvalue weighted by atomic mass is 19.4. The van der Waals surface area contributed by atoms with Crippen LogP contribution in [0.1, 0.15) is 11.1 Å². The Morgan fingerprint density at radius 2 is 1.60 bits per heavy atom. The molecule has 0 radical (unpaired) electrons. The van der Waals surface area contributed by atoms with E-state index in [2.05, 4.69) is 5.32 Å². The van der Waals surface area contributed by atoms with Crippen molar-refractivity contribution in [1.29, 1.82) is 0 Å². The minimum absolute atomic E-state index is 0.345. The lowest BCUT2D eigenvalue weighted by atomic mass is 9.92. The molecule has 0 heterocycles. The van der Waals surface area contributed by atoms with Crippen LogP contribution in [-0.4, -0.2) is 25.4 Å². The normalized spacial score (nSPS) is 14.7. The van der Waals surface area contributed by atoms with Crippen molar-refractivity contribution in [3.63, 3.8) is 0 Å². The van der Waals surface area contributed by atoms with Gasteiger partial charge in [0.25, 0.3) is 0 Å². The number of hydrogen-bond acceptors (Lipinski definition) is 1. The van der Waals surface area contributed by atoms with E-state index in [-0.39, 0.29) is 6.42 Å². The van der Waals surface area contributed by atoms with Gasteiger partial charge < -0.3 is 5.32 Å². The standard InChI is InChI=1S/C13H15F6N/c1-8-4-3-5-9(6-8)7-10(20-2)11(12(14,15)16)13(17,18)19/h3-6,10-11,20H,7H2,1-2H3. The van der Waals surface area contributed by atoms with Gasteiger partial charge in [0, 0.05) is 6.04 Å². The Morgan fingerprint density at radius 3 is 2.00 bits per heavy atom. The molecular formula is C13H15F6N. The van der Waals surface area contributed by atoms with Gasteiger partial charge in [0.05, 0.1) is 0 Å². The predicted octanol–water partition coefficient (Wildman–Crippen LogP) is 3.87. The van der Waals surface area contributed by atoms with Gasteiger partial charge in [-0.05, 0) is 26.0 Å². The molecule has 0 saturated heterocycles. The fraction of sp³-hybridized carbons (Fsp3) is 0.538. The average molecular weight is 299 g/mol. The van der Waals surface area contributed by atoms with Crippen molar-refractivity contribution in [2.45, 2.75) is 31.7 Å². The predicted molar refractivity (Wildman–Crippen MR) is 63.3 cm³/mol. The van der Waals surface area contributed by atoms with Crippen LogP contribution < -0.4 is 5.32 Å². The molecule has 1 aromatic carbocycles. The van der Waals surface area contributed by atoms with Crippen molar-refractivity contribution in [3.05, 3.63) is 35.4 Å². The second-order valence-electron chi connectivity index (χ2n) is 4.65. The summed E-state index contributed by atoms with van der Waals surface area (Å²) in [5.74, 6) is -3.39. The minimum Gasteiger partial charge on any atom is -0.316 e. The smallest absolute Gasteiger partial charge is 0.316 e. The molecule has 0 aliphatic rings. The monoisotopic (exact) mass is 299 g/mol. The number of halogens is 6. The molecular weight excluding hydrogens is 284 g/mol. The fourth-order valence-electron chi connectivity index (χ4n) is 2.12. The first kappa shape index (κ1) is 16.8. The first-order valence-corrected chi connectivity index (χ1v) is 5.92. The Balaban J connectivity index is 3.03. The lowest BCUT2D eigenvalue weighted by Gasteiger charge is -2.30. The van der Waals surface area contributed by atoms with Crippen LogP contribution in [0.15, 0.2) is 24.3 Å². The van der Waals surface area contributed by atoms with Crippen LogP contribution in [0.25, 0.3) is 0 Å². The number of aryl methyl sites for hydroxylation is 1. The van der Waals surface area contributed by atoms with Crippen LogP contribution in [0.2, 0.25) is 0 Å². The highest BCUT2D eigenvalue weighted by molar-refractivity contribution is 5.23. The molecule has 0 spiro atoms. The Kier molecular flexibility index (Phi) is 5.07. The summed E-state index contributed by atoms with van der Waals surface area (Å²) in [6.07, 6.45) is -11.0. The number of alkyl halides is 6. The fourth-order valence-corrected chi connectivity index (χ4v) is 2.12. The first-order chi connectivity index (χ1) is 9.05. The second-order valence-corrected chi connectivity index (χ2v) is 4.65. The number of rotatable bonds is 4. The maximum Gasteiger partial charge on any atom is 0.402 e. The van der Waals surface area contributed by atoms with Crippen molar-refractivity contribution in [2.24, 2.45) is 5.92 Å². The molecule has 0 bridgehead atoms. The van der Waals surface area contributed by atoms with Gasteiger partial charge in [0.2, 0.25) is 0 Å². The van der Waals surface area contributed by atoms with Gasteiger partial charge in [0.15, 0.2) is 5.92 Å². The highest BCUT2D eigenvalue weighted by Crippen LogP contribution is 2.42. The Morgan fingerprint density at radius 1 is 1.05 bits per heavy atom. The molecule has 0 aliphatic carbocycles. The third kappa shape index (κ3) is 4.40. The van der Waals surface area contributed by atoms with Crippen molar-refractivity contribution < 1.29 is 26.3 Å². The van der Waals surface area contributed by atoms with Crippen LogP contribution in [0.4, 0.5) is 26.3 Å². The van der Waals surface area contributed by atoms with E-state index in [1.807, 2.05) is 0 Å². The third-order valence-corrected chi connectivity index (χ3v) is 3.02. The molecule has 0 saturated carbocycles. The quantitative estimate of drug-likeness (QED) is 0.832.